The molecule has 0 bridgehead atoms. The lowest BCUT2D eigenvalue weighted by atomic mass is 10.2. The van der Waals surface area contributed by atoms with Crippen molar-refractivity contribution < 1.29 is 8.42 Å². The first-order valence-corrected chi connectivity index (χ1v) is 8.82. The molecule has 1 heterocycles. The number of rotatable bonds is 4. The van der Waals surface area contributed by atoms with Gasteiger partial charge in [0.25, 0.3) is 0 Å². The van der Waals surface area contributed by atoms with Crippen LogP contribution in [0.3, 0.4) is 0 Å². The van der Waals surface area contributed by atoms with Crippen LogP contribution in [-0.4, -0.2) is 18.1 Å². The van der Waals surface area contributed by atoms with E-state index in [0.29, 0.717) is 15.8 Å². The monoisotopic (exact) mass is 366 g/mol. The van der Waals surface area contributed by atoms with Crippen LogP contribution in [0.1, 0.15) is 0 Å². The summed E-state index contributed by atoms with van der Waals surface area (Å²) in [4.78, 5) is 4.20. The van der Waals surface area contributed by atoms with Crippen LogP contribution >= 0.6 is 38.9 Å². The fraction of sp³-hybridized carbons (Fsp3) is 0.100. The van der Waals surface area contributed by atoms with E-state index in [2.05, 4.69) is 25.6 Å². The first-order valence-electron chi connectivity index (χ1n) is 4.79. The van der Waals surface area contributed by atoms with E-state index in [9.17, 15) is 8.42 Å². The molecule has 0 atom stereocenters. The molecule has 1 aromatic heterocycles. The molecule has 0 aliphatic rings. The molecule has 0 unspecified atom stereocenters. The molecular weight excluding hydrogens is 360 g/mol. The fourth-order valence-electron chi connectivity index (χ4n) is 1.27. The van der Waals surface area contributed by atoms with Crippen LogP contribution in [0.25, 0.3) is 11.3 Å². The topological polar surface area (TPSA) is 59.1 Å². The fourth-order valence-corrected chi connectivity index (χ4v) is 3.34. The molecule has 18 heavy (non-hydrogen) atoms. The second-order valence-electron chi connectivity index (χ2n) is 3.34. The van der Waals surface area contributed by atoms with E-state index in [0.717, 1.165) is 5.56 Å². The highest BCUT2D eigenvalue weighted by Gasteiger charge is 2.12. The number of thiazole rings is 1. The van der Waals surface area contributed by atoms with Crippen molar-refractivity contribution in [2.24, 2.45) is 0 Å². The normalized spacial score (nSPS) is 11.4. The van der Waals surface area contributed by atoms with Gasteiger partial charge in [-0.25, -0.2) is 13.4 Å². The number of halogens is 2. The maximum Gasteiger partial charge on any atom is 0.244 e. The predicted octanol–water partition coefficient (Wildman–Crippen LogP) is 3.56. The number of alkyl halides is 1. The van der Waals surface area contributed by atoms with Crippen molar-refractivity contribution in [3.63, 3.8) is 0 Å². The third kappa shape index (κ3) is 3.23. The highest BCUT2D eigenvalue weighted by atomic mass is 79.9. The minimum Gasteiger partial charge on any atom is -0.258 e. The van der Waals surface area contributed by atoms with Gasteiger partial charge in [-0.3, -0.25) is 4.72 Å². The Morgan fingerprint density at radius 1 is 1.39 bits per heavy atom. The molecule has 2 rings (SSSR count). The largest absolute Gasteiger partial charge is 0.258 e. The molecule has 0 amide bonds. The minimum absolute atomic E-state index is 0.166. The summed E-state index contributed by atoms with van der Waals surface area (Å²) in [5.74, 6) is 0. The summed E-state index contributed by atoms with van der Waals surface area (Å²) in [5, 5.41) is 2.66. The second kappa shape index (κ2) is 5.56. The summed E-state index contributed by atoms with van der Waals surface area (Å²) >= 11 is 10.2. The van der Waals surface area contributed by atoms with Gasteiger partial charge >= 0.3 is 0 Å². The zero-order valence-corrected chi connectivity index (χ0v) is 12.9. The molecule has 0 spiro atoms. The summed E-state index contributed by atoms with van der Waals surface area (Å²) in [7, 11) is -3.37. The van der Waals surface area contributed by atoms with E-state index in [-0.39, 0.29) is 4.66 Å². The van der Waals surface area contributed by atoms with Crippen molar-refractivity contribution in [3.8, 4) is 11.3 Å². The van der Waals surface area contributed by atoms with Crippen molar-refractivity contribution >= 4 is 54.0 Å². The molecule has 0 radical (unpaired) electrons. The molecule has 8 heteroatoms. The van der Waals surface area contributed by atoms with Crippen LogP contribution < -0.4 is 4.72 Å². The van der Waals surface area contributed by atoms with E-state index in [1.807, 2.05) is 18.2 Å². The smallest absolute Gasteiger partial charge is 0.244 e. The van der Waals surface area contributed by atoms with E-state index < -0.39 is 10.0 Å². The Hall–Kier alpha value is -0.630. The Morgan fingerprint density at radius 3 is 2.78 bits per heavy atom. The average molecular weight is 368 g/mol. The third-order valence-electron chi connectivity index (χ3n) is 2.04. The number of nitrogens with one attached hydrogen (secondary N) is 1. The Bertz CT molecular complexity index is 657. The maximum atomic E-state index is 11.4. The van der Waals surface area contributed by atoms with Crippen LogP contribution in [0, 0.1) is 0 Å². The van der Waals surface area contributed by atoms with E-state index in [4.69, 9.17) is 11.6 Å². The lowest BCUT2D eigenvalue weighted by molar-refractivity contribution is 0.606. The summed E-state index contributed by atoms with van der Waals surface area (Å²) in [6.45, 7) is 0. The highest BCUT2D eigenvalue weighted by molar-refractivity contribution is 9.10. The zero-order chi connectivity index (χ0) is 13.2. The van der Waals surface area contributed by atoms with Crippen LogP contribution in [-0.2, 0) is 10.0 Å². The van der Waals surface area contributed by atoms with Gasteiger partial charge in [0.15, 0.2) is 5.13 Å². The lowest BCUT2D eigenvalue weighted by Gasteiger charge is -2.01. The minimum atomic E-state index is -3.37. The molecule has 0 aliphatic heterocycles. The number of hydrogen-bond donors (Lipinski definition) is 1. The summed E-state index contributed by atoms with van der Waals surface area (Å²) in [6, 6.07) is 7.27. The van der Waals surface area contributed by atoms with Crippen LogP contribution in [0.15, 0.2) is 29.6 Å². The molecule has 2 aromatic rings. The van der Waals surface area contributed by atoms with Gasteiger partial charge in [-0.15, -0.1) is 11.3 Å². The second-order valence-corrected chi connectivity index (χ2v) is 7.63. The maximum absolute atomic E-state index is 11.4. The van der Waals surface area contributed by atoms with E-state index >= 15 is 0 Å². The molecule has 0 fully saturated rings. The number of benzene rings is 1. The molecule has 1 N–H and O–H groups in total. The molecule has 1 aromatic carbocycles. The summed E-state index contributed by atoms with van der Waals surface area (Å²) < 4.78 is 24.9. The van der Waals surface area contributed by atoms with Gasteiger partial charge in [0.05, 0.1) is 5.69 Å². The van der Waals surface area contributed by atoms with Gasteiger partial charge < -0.3 is 0 Å². The van der Waals surface area contributed by atoms with Crippen LogP contribution in [0.4, 0.5) is 5.13 Å². The Labute approximate surface area is 122 Å². The molecule has 0 aliphatic carbocycles. The predicted molar refractivity (Wildman–Crippen MR) is 78.9 cm³/mol. The van der Waals surface area contributed by atoms with Gasteiger partial charge in [0.2, 0.25) is 10.0 Å². The first-order chi connectivity index (χ1) is 8.52. The molecule has 0 saturated carbocycles. The summed E-state index contributed by atoms with van der Waals surface area (Å²) in [5.41, 5.74) is 1.43. The van der Waals surface area contributed by atoms with Gasteiger partial charge in [-0.05, 0) is 6.07 Å². The number of aromatic nitrogens is 1. The van der Waals surface area contributed by atoms with Gasteiger partial charge in [-0.1, -0.05) is 45.7 Å². The van der Waals surface area contributed by atoms with Crippen molar-refractivity contribution in [2.75, 3.05) is 9.38 Å². The lowest BCUT2D eigenvalue weighted by Crippen LogP contribution is -2.12. The summed E-state index contributed by atoms with van der Waals surface area (Å²) in [6.07, 6.45) is 0. The molecular formula is C10H8BrClN2O2S2. The SMILES string of the molecule is O=S(=O)(CBr)Nc1nc(-c2ccccc2Cl)cs1. The average Bonchev–Trinajstić information content (AvgIpc) is 2.77. The highest BCUT2D eigenvalue weighted by Crippen LogP contribution is 2.30. The van der Waals surface area contributed by atoms with Gasteiger partial charge in [0, 0.05) is 16.0 Å². The Kier molecular flexibility index (Phi) is 4.26. The molecule has 0 saturated heterocycles. The number of anilines is 1. The number of sulfonamides is 1. The number of hydrogen-bond acceptors (Lipinski definition) is 4. The quantitative estimate of drug-likeness (QED) is 0.841. The van der Waals surface area contributed by atoms with Crippen molar-refractivity contribution in [1.82, 2.24) is 4.98 Å². The van der Waals surface area contributed by atoms with Gasteiger partial charge in [-0.2, -0.15) is 0 Å². The third-order valence-corrected chi connectivity index (χ3v) is 5.86. The Balaban J connectivity index is 2.29. The van der Waals surface area contributed by atoms with Crippen molar-refractivity contribution in [1.29, 1.82) is 0 Å². The first kappa shape index (κ1) is 13.8. The van der Waals surface area contributed by atoms with Crippen molar-refractivity contribution in [3.05, 3.63) is 34.7 Å². The molecule has 96 valence electrons. The van der Waals surface area contributed by atoms with E-state index in [1.54, 1.807) is 11.4 Å². The van der Waals surface area contributed by atoms with E-state index in [1.165, 1.54) is 11.3 Å². The number of nitrogens with zero attached hydrogens (tertiary/aromatic N) is 1. The van der Waals surface area contributed by atoms with Crippen LogP contribution in [0.5, 0.6) is 0 Å². The van der Waals surface area contributed by atoms with Gasteiger partial charge in [0.1, 0.15) is 4.66 Å². The Morgan fingerprint density at radius 2 is 2.11 bits per heavy atom. The van der Waals surface area contributed by atoms with Crippen LogP contribution in [0.2, 0.25) is 5.02 Å². The standard InChI is InChI=1S/C10H8BrClN2O2S2/c11-6-18(15,16)14-10-13-9(5-17-10)7-3-1-2-4-8(7)12/h1-5H,6H2,(H,13,14). The molecule has 4 nitrogen and oxygen atoms in total. The van der Waals surface area contributed by atoms with Crippen molar-refractivity contribution in [2.45, 2.75) is 0 Å². The zero-order valence-electron chi connectivity index (χ0n) is 8.93.